The van der Waals surface area contributed by atoms with Gasteiger partial charge >= 0.3 is 0 Å². The summed E-state index contributed by atoms with van der Waals surface area (Å²) < 4.78 is 5.47. The minimum absolute atomic E-state index is 0.475. The highest BCUT2D eigenvalue weighted by Crippen LogP contribution is 2.32. The zero-order valence-corrected chi connectivity index (χ0v) is 11.8. The molecule has 1 heterocycles. The van der Waals surface area contributed by atoms with Crippen molar-refractivity contribution in [2.75, 3.05) is 25.5 Å². The van der Waals surface area contributed by atoms with E-state index < -0.39 is 0 Å². The van der Waals surface area contributed by atoms with Crippen LogP contribution >= 0.6 is 0 Å². The molecular formula is C15H24N2O. The number of methoxy groups -OCH3 is 1. The van der Waals surface area contributed by atoms with Crippen LogP contribution in [0.4, 0.5) is 5.69 Å². The van der Waals surface area contributed by atoms with Gasteiger partial charge in [0.15, 0.2) is 0 Å². The highest BCUT2D eigenvalue weighted by molar-refractivity contribution is 5.58. The van der Waals surface area contributed by atoms with E-state index in [1.54, 1.807) is 7.11 Å². The monoisotopic (exact) mass is 248 g/mol. The first-order valence-corrected chi connectivity index (χ1v) is 6.77. The van der Waals surface area contributed by atoms with Crippen molar-refractivity contribution >= 4 is 5.69 Å². The van der Waals surface area contributed by atoms with Gasteiger partial charge in [-0.2, -0.15) is 0 Å². The average Bonchev–Trinajstić information content (AvgIpc) is 2.83. The SMILES string of the molecule is COc1cc(C)c(NC2CCNC2)cc1C(C)C. The van der Waals surface area contributed by atoms with E-state index in [1.165, 1.54) is 23.2 Å². The largest absolute Gasteiger partial charge is 0.496 e. The molecule has 0 bridgehead atoms. The van der Waals surface area contributed by atoms with Gasteiger partial charge in [-0.3, -0.25) is 0 Å². The molecule has 1 saturated heterocycles. The third-order valence-corrected chi connectivity index (χ3v) is 3.62. The Morgan fingerprint density at radius 3 is 2.72 bits per heavy atom. The normalized spacial score (nSPS) is 19.3. The standard InChI is InChI=1S/C15H24N2O/c1-10(2)13-8-14(11(3)7-15(13)18-4)17-12-5-6-16-9-12/h7-8,10,12,16-17H,5-6,9H2,1-4H3. The molecule has 1 aliphatic rings. The summed E-state index contributed by atoms with van der Waals surface area (Å²) >= 11 is 0. The van der Waals surface area contributed by atoms with Crippen molar-refractivity contribution in [3.63, 3.8) is 0 Å². The Morgan fingerprint density at radius 2 is 2.17 bits per heavy atom. The molecule has 1 atom stereocenters. The maximum absolute atomic E-state index is 5.47. The van der Waals surface area contributed by atoms with Crippen LogP contribution in [-0.4, -0.2) is 26.2 Å². The second kappa shape index (κ2) is 5.61. The molecule has 1 aliphatic heterocycles. The van der Waals surface area contributed by atoms with Crippen LogP contribution in [0.5, 0.6) is 5.75 Å². The van der Waals surface area contributed by atoms with E-state index in [0.29, 0.717) is 12.0 Å². The molecule has 18 heavy (non-hydrogen) atoms. The molecule has 0 radical (unpaired) electrons. The van der Waals surface area contributed by atoms with Crippen molar-refractivity contribution in [2.45, 2.75) is 39.2 Å². The summed E-state index contributed by atoms with van der Waals surface area (Å²) in [7, 11) is 1.74. The number of hydrogen-bond acceptors (Lipinski definition) is 3. The van der Waals surface area contributed by atoms with Gasteiger partial charge in [0.25, 0.3) is 0 Å². The minimum atomic E-state index is 0.475. The molecule has 2 N–H and O–H groups in total. The number of benzene rings is 1. The summed E-state index contributed by atoms with van der Waals surface area (Å²) in [6.07, 6.45) is 1.20. The van der Waals surface area contributed by atoms with Gasteiger partial charge in [0.2, 0.25) is 0 Å². The Balaban J connectivity index is 2.26. The van der Waals surface area contributed by atoms with Crippen molar-refractivity contribution in [1.82, 2.24) is 5.32 Å². The number of rotatable bonds is 4. The fourth-order valence-corrected chi connectivity index (χ4v) is 2.48. The van der Waals surface area contributed by atoms with Crippen LogP contribution in [0.2, 0.25) is 0 Å². The van der Waals surface area contributed by atoms with E-state index in [-0.39, 0.29) is 0 Å². The van der Waals surface area contributed by atoms with Crippen molar-refractivity contribution < 1.29 is 4.74 Å². The van der Waals surface area contributed by atoms with Crippen LogP contribution in [0.15, 0.2) is 12.1 Å². The maximum Gasteiger partial charge on any atom is 0.122 e. The Hall–Kier alpha value is -1.22. The third-order valence-electron chi connectivity index (χ3n) is 3.62. The molecule has 1 fully saturated rings. The topological polar surface area (TPSA) is 33.3 Å². The molecule has 0 amide bonds. The van der Waals surface area contributed by atoms with Crippen molar-refractivity contribution in [1.29, 1.82) is 0 Å². The minimum Gasteiger partial charge on any atom is -0.496 e. The predicted octanol–water partition coefficient (Wildman–Crippen LogP) is 2.90. The second-order valence-corrected chi connectivity index (χ2v) is 5.40. The van der Waals surface area contributed by atoms with Gasteiger partial charge in [-0.15, -0.1) is 0 Å². The van der Waals surface area contributed by atoms with Crippen LogP contribution in [0.3, 0.4) is 0 Å². The number of nitrogens with one attached hydrogen (secondary N) is 2. The van der Waals surface area contributed by atoms with E-state index >= 15 is 0 Å². The summed E-state index contributed by atoms with van der Waals surface area (Å²) in [4.78, 5) is 0. The van der Waals surface area contributed by atoms with Gasteiger partial charge in [0.1, 0.15) is 5.75 Å². The predicted molar refractivity (Wildman–Crippen MR) is 76.7 cm³/mol. The number of hydrogen-bond donors (Lipinski definition) is 2. The fourth-order valence-electron chi connectivity index (χ4n) is 2.48. The van der Waals surface area contributed by atoms with Gasteiger partial charge in [-0.05, 0) is 49.1 Å². The molecule has 1 aromatic carbocycles. The van der Waals surface area contributed by atoms with E-state index in [2.05, 4.69) is 43.5 Å². The first-order valence-electron chi connectivity index (χ1n) is 6.77. The van der Waals surface area contributed by atoms with Gasteiger partial charge < -0.3 is 15.4 Å². The van der Waals surface area contributed by atoms with E-state index in [0.717, 1.165) is 18.8 Å². The molecule has 1 aromatic rings. The average molecular weight is 248 g/mol. The van der Waals surface area contributed by atoms with E-state index in [4.69, 9.17) is 4.74 Å². The smallest absolute Gasteiger partial charge is 0.122 e. The number of aryl methyl sites for hydroxylation is 1. The lowest BCUT2D eigenvalue weighted by Gasteiger charge is -2.19. The zero-order valence-electron chi connectivity index (χ0n) is 11.8. The Kier molecular flexibility index (Phi) is 4.12. The molecule has 1 unspecified atom stereocenters. The lowest BCUT2D eigenvalue weighted by molar-refractivity contribution is 0.407. The third kappa shape index (κ3) is 2.78. The van der Waals surface area contributed by atoms with Gasteiger partial charge in [0.05, 0.1) is 7.11 Å². The van der Waals surface area contributed by atoms with Gasteiger partial charge in [0, 0.05) is 18.3 Å². The highest BCUT2D eigenvalue weighted by atomic mass is 16.5. The van der Waals surface area contributed by atoms with Crippen LogP contribution in [0.25, 0.3) is 0 Å². The summed E-state index contributed by atoms with van der Waals surface area (Å²) in [6, 6.07) is 4.94. The molecule has 0 aliphatic carbocycles. The Morgan fingerprint density at radius 1 is 1.39 bits per heavy atom. The van der Waals surface area contributed by atoms with E-state index in [9.17, 15) is 0 Å². The number of anilines is 1. The quantitative estimate of drug-likeness (QED) is 0.859. The number of ether oxygens (including phenoxy) is 1. The zero-order chi connectivity index (χ0) is 13.1. The Bertz CT molecular complexity index is 409. The van der Waals surface area contributed by atoms with Crippen molar-refractivity contribution in [3.05, 3.63) is 23.3 Å². The first kappa shape index (κ1) is 13.2. The fraction of sp³-hybridized carbons (Fsp3) is 0.600. The lowest BCUT2D eigenvalue weighted by atomic mass is 9.98. The van der Waals surface area contributed by atoms with Crippen LogP contribution in [0, 0.1) is 6.92 Å². The van der Waals surface area contributed by atoms with Crippen LogP contribution in [-0.2, 0) is 0 Å². The van der Waals surface area contributed by atoms with Gasteiger partial charge in [-0.1, -0.05) is 13.8 Å². The first-order chi connectivity index (χ1) is 8.61. The lowest BCUT2D eigenvalue weighted by Crippen LogP contribution is -2.22. The van der Waals surface area contributed by atoms with Crippen molar-refractivity contribution in [3.8, 4) is 5.75 Å². The van der Waals surface area contributed by atoms with Gasteiger partial charge in [-0.25, -0.2) is 0 Å². The summed E-state index contributed by atoms with van der Waals surface area (Å²) in [5, 5.41) is 7.02. The molecule has 0 saturated carbocycles. The summed E-state index contributed by atoms with van der Waals surface area (Å²) in [5.74, 6) is 1.47. The molecule has 0 spiro atoms. The molecular weight excluding hydrogens is 224 g/mol. The van der Waals surface area contributed by atoms with Crippen molar-refractivity contribution in [2.24, 2.45) is 0 Å². The Labute approximate surface area is 110 Å². The van der Waals surface area contributed by atoms with E-state index in [1.807, 2.05) is 0 Å². The molecule has 100 valence electrons. The molecule has 2 rings (SSSR count). The molecule has 0 aromatic heterocycles. The molecule has 3 nitrogen and oxygen atoms in total. The summed E-state index contributed by atoms with van der Waals surface area (Å²) in [6.45, 7) is 8.71. The summed E-state index contributed by atoms with van der Waals surface area (Å²) in [5.41, 5.74) is 3.77. The molecule has 3 heteroatoms. The van der Waals surface area contributed by atoms with Crippen LogP contribution in [0.1, 0.15) is 37.3 Å². The van der Waals surface area contributed by atoms with Crippen LogP contribution < -0.4 is 15.4 Å². The second-order valence-electron chi connectivity index (χ2n) is 5.40. The highest BCUT2D eigenvalue weighted by Gasteiger charge is 2.17. The maximum atomic E-state index is 5.47.